The third-order valence-electron chi connectivity index (χ3n) is 4.31. The molecule has 2 aromatic carbocycles. The van der Waals surface area contributed by atoms with Crippen LogP contribution in [0.5, 0.6) is 11.5 Å². The predicted molar refractivity (Wildman–Crippen MR) is 113 cm³/mol. The van der Waals surface area contributed by atoms with Crippen LogP contribution in [0, 0.1) is 6.92 Å². The van der Waals surface area contributed by atoms with Gasteiger partial charge in [-0.15, -0.1) is 0 Å². The molecule has 0 radical (unpaired) electrons. The Morgan fingerprint density at radius 2 is 1.76 bits per heavy atom. The van der Waals surface area contributed by atoms with E-state index in [4.69, 9.17) is 9.47 Å². The lowest BCUT2D eigenvalue weighted by Gasteiger charge is -2.11. The van der Waals surface area contributed by atoms with E-state index in [1.54, 1.807) is 14.2 Å². The van der Waals surface area contributed by atoms with E-state index in [2.05, 4.69) is 20.6 Å². The molecular formula is C22H24N4O3. The van der Waals surface area contributed by atoms with Crippen LogP contribution in [0.4, 0.5) is 17.2 Å². The number of benzene rings is 2. The summed E-state index contributed by atoms with van der Waals surface area (Å²) in [6, 6.07) is 15.0. The van der Waals surface area contributed by atoms with E-state index in [0.29, 0.717) is 30.2 Å². The Morgan fingerprint density at radius 3 is 2.52 bits per heavy atom. The van der Waals surface area contributed by atoms with Crippen molar-refractivity contribution in [2.24, 2.45) is 0 Å². The average Bonchev–Trinajstić information content (AvgIpc) is 2.72. The van der Waals surface area contributed by atoms with Crippen LogP contribution in [0.2, 0.25) is 0 Å². The molecule has 7 heteroatoms. The summed E-state index contributed by atoms with van der Waals surface area (Å²) in [5.41, 5.74) is 3.44. The van der Waals surface area contributed by atoms with Gasteiger partial charge in [-0.25, -0.2) is 9.97 Å². The molecule has 1 aromatic heterocycles. The number of carbonyl (C=O) groups excluding carboxylic acids is 1. The number of methoxy groups -OCH3 is 2. The van der Waals surface area contributed by atoms with Gasteiger partial charge < -0.3 is 20.1 Å². The number of ether oxygens (including phenoxy) is 2. The van der Waals surface area contributed by atoms with Crippen molar-refractivity contribution in [3.63, 3.8) is 0 Å². The smallest absolute Gasteiger partial charge is 0.224 e. The number of nitrogens with one attached hydrogen (secondary N) is 2. The number of hydrogen-bond acceptors (Lipinski definition) is 6. The van der Waals surface area contributed by atoms with Gasteiger partial charge in [-0.1, -0.05) is 12.1 Å². The van der Waals surface area contributed by atoms with Crippen molar-refractivity contribution < 1.29 is 14.3 Å². The Balaban J connectivity index is 1.58. The molecule has 1 amide bonds. The van der Waals surface area contributed by atoms with Crippen LogP contribution in [0.1, 0.15) is 17.7 Å². The summed E-state index contributed by atoms with van der Waals surface area (Å²) in [6.45, 7) is 1.90. The first-order chi connectivity index (χ1) is 14.1. The highest BCUT2D eigenvalue weighted by Crippen LogP contribution is 2.28. The quantitative estimate of drug-likeness (QED) is 0.600. The number of anilines is 3. The highest BCUT2D eigenvalue weighted by atomic mass is 16.5. The zero-order valence-corrected chi connectivity index (χ0v) is 16.7. The molecule has 0 aliphatic heterocycles. The first-order valence-corrected chi connectivity index (χ1v) is 9.24. The molecule has 0 fully saturated rings. The molecule has 7 nitrogen and oxygen atoms in total. The SMILES string of the molecule is COc1ccc(CCC(=O)Nc2cccc(Nc3cc(C)ncn3)c2)cc1OC. The van der Waals surface area contributed by atoms with E-state index in [-0.39, 0.29) is 5.91 Å². The van der Waals surface area contributed by atoms with Gasteiger partial charge >= 0.3 is 0 Å². The van der Waals surface area contributed by atoms with Crippen LogP contribution in [0.3, 0.4) is 0 Å². The van der Waals surface area contributed by atoms with Crippen molar-refractivity contribution in [1.82, 2.24) is 9.97 Å². The fourth-order valence-electron chi connectivity index (χ4n) is 2.86. The molecule has 1 heterocycles. The second kappa shape index (κ2) is 9.54. The lowest BCUT2D eigenvalue weighted by atomic mass is 10.1. The fourth-order valence-corrected chi connectivity index (χ4v) is 2.86. The maximum Gasteiger partial charge on any atom is 0.224 e. The molecule has 0 saturated carbocycles. The van der Waals surface area contributed by atoms with Gasteiger partial charge in [0.25, 0.3) is 0 Å². The molecule has 0 aliphatic rings. The summed E-state index contributed by atoms with van der Waals surface area (Å²) in [7, 11) is 3.19. The maximum absolute atomic E-state index is 12.4. The molecule has 0 atom stereocenters. The van der Waals surface area contributed by atoms with Crippen LogP contribution in [-0.4, -0.2) is 30.1 Å². The molecule has 3 rings (SSSR count). The molecular weight excluding hydrogens is 368 g/mol. The van der Waals surface area contributed by atoms with Crippen LogP contribution < -0.4 is 20.1 Å². The summed E-state index contributed by atoms with van der Waals surface area (Å²) in [5.74, 6) is 1.97. The van der Waals surface area contributed by atoms with Gasteiger partial charge in [-0.05, 0) is 49.2 Å². The van der Waals surface area contributed by atoms with E-state index in [9.17, 15) is 4.79 Å². The maximum atomic E-state index is 12.4. The Morgan fingerprint density at radius 1 is 0.966 bits per heavy atom. The molecule has 0 bridgehead atoms. The molecule has 0 unspecified atom stereocenters. The van der Waals surface area contributed by atoms with E-state index >= 15 is 0 Å². The number of aryl methyl sites for hydroxylation is 2. The number of rotatable bonds is 8. The Bertz CT molecular complexity index is 991. The molecule has 29 heavy (non-hydrogen) atoms. The van der Waals surface area contributed by atoms with Crippen molar-refractivity contribution in [2.75, 3.05) is 24.9 Å². The van der Waals surface area contributed by atoms with Crippen LogP contribution >= 0.6 is 0 Å². The third-order valence-corrected chi connectivity index (χ3v) is 4.31. The topological polar surface area (TPSA) is 85.4 Å². The fraction of sp³-hybridized carbons (Fsp3) is 0.227. The van der Waals surface area contributed by atoms with Gasteiger partial charge in [0.15, 0.2) is 11.5 Å². The molecule has 3 aromatic rings. The normalized spacial score (nSPS) is 10.3. The monoisotopic (exact) mass is 392 g/mol. The van der Waals surface area contributed by atoms with Crippen molar-refractivity contribution in [3.8, 4) is 11.5 Å². The van der Waals surface area contributed by atoms with Crippen molar-refractivity contribution >= 4 is 23.1 Å². The zero-order valence-electron chi connectivity index (χ0n) is 16.7. The van der Waals surface area contributed by atoms with Gasteiger partial charge in [-0.3, -0.25) is 4.79 Å². The number of nitrogens with zero attached hydrogens (tertiary/aromatic N) is 2. The zero-order chi connectivity index (χ0) is 20.6. The van der Waals surface area contributed by atoms with E-state index in [0.717, 1.165) is 22.6 Å². The predicted octanol–water partition coefficient (Wildman–Crippen LogP) is 4.12. The molecule has 0 aliphatic carbocycles. The van der Waals surface area contributed by atoms with Crippen LogP contribution in [-0.2, 0) is 11.2 Å². The molecule has 150 valence electrons. The van der Waals surface area contributed by atoms with E-state index in [1.165, 1.54) is 6.33 Å². The van der Waals surface area contributed by atoms with Gasteiger partial charge in [0.2, 0.25) is 5.91 Å². The summed E-state index contributed by atoms with van der Waals surface area (Å²) >= 11 is 0. The van der Waals surface area contributed by atoms with E-state index < -0.39 is 0 Å². The molecule has 0 spiro atoms. The van der Waals surface area contributed by atoms with Gasteiger partial charge in [-0.2, -0.15) is 0 Å². The van der Waals surface area contributed by atoms with Crippen molar-refractivity contribution in [3.05, 3.63) is 66.1 Å². The Labute approximate surface area is 170 Å². The number of carbonyl (C=O) groups is 1. The lowest BCUT2D eigenvalue weighted by molar-refractivity contribution is -0.116. The highest BCUT2D eigenvalue weighted by molar-refractivity contribution is 5.91. The summed E-state index contributed by atoms with van der Waals surface area (Å²) in [4.78, 5) is 20.6. The van der Waals surface area contributed by atoms with Gasteiger partial charge in [0, 0.05) is 29.6 Å². The minimum Gasteiger partial charge on any atom is -0.493 e. The first-order valence-electron chi connectivity index (χ1n) is 9.24. The third kappa shape index (κ3) is 5.68. The average molecular weight is 392 g/mol. The first kappa shape index (κ1) is 20.1. The van der Waals surface area contributed by atoms with Crippen molar-refractivity contribution in [2.45, 2.75) is 19.8 Å². The molecule has 0 saturated heterocycles. The largest absolute Gasteiger partial charge is 0.493 e. The second-order valence-electron chi connectivity index (χ2n) is 6.49. The minimum absolute atomic E-state index is 0.0604. The second-order valence-corrected chi connectivity index (χ2v) is 6.49. The minimum atomic E-state index is -0.0604. The van der Waals surface area contributed by atoms with Crippen LogP contribution in [0.25, 0.3) is 0 Å². The van der Waals surface area contributed by atoms with Crippen molar-refractivity contribution in [1.29, 1.82) is 0 Å². The summed E-state index contributed by atoms with van der Waals surface area (Å²) in [5, 5.41) is 6.14. The lowest BCUT2D eigenvalue weighted by Crippen LogP contribution is -2.12. The summed E-state index contributed by atoms with van der Waals surface area (Å²) in [6.07, 6.45) is 2.47. The summed E-state index contributed by atoms with van der Waals surface area (Å²) < 4.78 is 10.5. The Hall–Kier alpha value is -3.61. The number of aromatic nitrogens is 2. The highest BCUT2D eigenvalue weighted by Gasteiger charge is 2.08. The van der Waals surface area contributed by atoms with Crippen LogP contribution in [0.15, 0.2) is 54.9 Å². The van der Waals surface area contributed by atoms with Gasteiger partial charge in [0.1, 0.15) is 12.1 Å². The number of hydrogen-bond donors (Lipinski definition) is 2. The Kier molecular flexibility index (Phi) is 6.63. The van der Waals surface area contributed by atoms with E-state index in [1.807, 2.05) is 55.5 Å². The van der Waals surface area contributed by atoms with Gasteiger partial charge in [0.05, 0.1) is 14.2 Å². The molecule has 2 N–H and O–H groups in total. The standard InChI is InChI=1S/C22H24N4O3/c1-15-11-21(24-14-23-15)25-17-5-4-6-18(13-17)26-22(27)10-8-16-7-9-19(28-2)20(12-16)29-3/h4-7,9,11-14H,8,10H2,1-3H3,(H,26,27)(H,23,24,25). The number of amides is 1.